The molecular weight excluding hydrogens is 901 g/mol. The van der Waals surface area contributed by atoms with Crippen LogP contribution in [0.25, 0.3) is 11.0 Å². The van der Waals surface area contributed by atoms with Crippen molar-refractivity contribution in [2.24, 2.45) is 0 Å². The van der Waals surface area contributed by atoms with Gasteiger partial charge in [0, 0.05) is 67.5 Å². The van der Waals surface area contributed by atoms with E-state index in [0.717, 1.165) is 80.1 Å². The van der Waals surface area contributed by atoms with E-state index in [4.69, 9.17) is 14.5 Å². The number of aryl methyl sites for hydroxylation is 3. The van der Waals surface area contributed by atoms with E-state index in [9.17, 15) is 24.0 Å². The van der Waals surface area contributed by atoms with Crippen molar-refractivity contribution in [1.82, 2.24) is 34.7 Å². The Hall–Kier alpha value is -6.35. The number of Topliss-reactive ketones (excluding diaryl/α,β-unsaturated/α-hetero) is 1. The second-order valence-electron chi connectivity index (χ2n) is 17.4. The number of rotatable bonds is 23. The first-order valence-corrected chi connectivity index (χ1v) is 24.7. The van der Waals surface area contributed by atoms with Crippen LogP contribution in [0, 0.1) is 20.8 Å². The molecule has 20 heteroatoms. The zero-order valence-corrected chi connectivity index (χ0v) is 41.1. The zero-order chi connectivity index (χ0) is 48.9. The molecule has 0 bridgehead atoms. The van der Waals surface area contributed by atoms with Crippen LogP contribution in [0.15, 0.2) is 47.5 Å². The average Bonchev–Trinajstić information content (AvgIpc) is 3.97. The third-order valence-electron chi connectivity index (χ3n) is 12.4. The van der Waals surface area contributed by atoms with Gasteiger partial charge in [-0.25, -0.2) is 15.0 Å². The minimum Gasteiger partial charge on any atom is -0.385 e. The molecule has 5 aromatic rings. The topological polar surface area (TPSA) is 227 Å². The Kier molecular flexibility index (Phi) is 17.8. The van der Waals surface area contributed by atoms with Crippen LogP contribution in [0.4, 0.5) is 34.0 Å². The summed E-state index contributed by atoms with van der Waals surface area (Å²) in [6.07, 6.45) is 9.38. The van der Waals surface area contributed by atoms with Gasteiger partial charge in [0.2, 0.25) is 17.8 Å². The summed E-state index contributed by atoms with van der Waals surface area (Å²) in [5.74, 6) is -0.103. The summed E-state index contributed by atoms with van der Waals surface area (Å²) in [5, 5.41) is 16.4. The molecule has 5 N–H and O–H groups in total. The van der Waals surface area contributed by atoms with E-state index in [-0.39, 0.29) is 66.8 Å². The first-order valence-electron chi connectivity index (χ1n) is 23.9. The van der Waals surface area contributed by atoms with Crippen molar-refractivity contribution >= 4 is 79.8 Å². The smallest absolute Gasteiger partial charge is 0.263 e. The van der Waals surface area contributed by atoms with Crippen LogP contribution >= 0.6 is 11.3 Å². The van der Waals surface area contributed by atoms with Gasteiger partial charge in [0.05, 0.1) is 73.8 Å². The van der Waals surface area contributed by atoms with Gasteiger partial charge in [0.15, 0.2) is 10.9 Å². The van der Waals surface area contributed by atoms with Crippen molar-refractivity contribution in [3.63, 3.8) is 0 Å². The van der Waals surface area contributed by atoms with Crippen LogP contribution in [-0.4, -0.2) is 125 Å². The van der Waals surface area contributed by atoms with Crippen molar-refractivity contribution in [3.05, 3.63) is 80.3 Å². The molecule has 1 saturated carbocycles. The first kappa shape index (κ1) is 50.5. The first-order chi connectivity index (χ1) is 33.4. The molecule has 1 aromatic carbocycles. The molecule has 1 saturated heterocycles. The summed E-state index contributed by atoms with van der Waals surface area (Å²) in [4.78, 5) is 88.6. The number of anilines is 6. The van der Waals surface area contributed by atoms with Gasteiger partial charge in [-0.1, -0.05) is 26.2 Å². The van der Waals surface area contributed by atoms with E-state index in [1.807, 2.05) is 32.0 Å². The number of piperazine rings is 1. The van der Waals surface area contributed by atoms with E-state index in [0.29, 0.717) is 77.6 Å². The normalized spacial score (nSPS) is 14.2. The van der Waals surface area contributed by atoms with Crippen molar-refractivity contribution in [2.45, 2.75) is 85.6 Å². The predicted molar refractivity (Wildman–Crippen MR) is 269 cm³/mol. The number of hydrogen-bond acceptors (Lipinski definition) is 16. The van der Waals surface area contributed by atoms with Crippen LogP contribution in [0.5, 0.6) is 0 Å². The number of fused-ring (bicyclic) bond motifs is 1. The van der Waals surface area contributed by atoms with Crippen LogP contribution in [0.2, 0.25) is 0 Å². The molecule has 2 fully saturated rings. The van der Waals surface area contributed by atoms with Gasteiger partial charge in [-0.2, -0.15) is 4.98 Å². The van der Waals surface area contributed by atoms with Crippen LogP contribution in [0.3, 0.4) is 0 Å². The third kappa shape index (κ3) is 13.5. The lowest BCUT2D eigenvalue weighted by Crippen LogP contribution is -2.49. The van der Waals surface area contributed by atoms with Gasteiger partial charge < -0.3 is 35.6 Å². The van der Waals surface area contributed by atoms with Gasteiger partial charge in [0.25, 0.3) is 11.5 Å². The second kappa shape index (κ2) is 24.3. The number of pyridine rings is 2. The van der Waals surface area contributed by atoms with Gasteiger partial charge in [0.1, 0.15) is 11.5 Å². The average molecular weight is 965 g/mol. The number of benzene rings is 1. The monoisotopic (exact) mass is 964 g/mol. The fourth-order valence-corrected chi connectivity index (χ4v) is 9.32. The Morgan fingerprint density at radius 3 is 2.32 bits per heavy atom. The highest BCUT2D eigenvalue weighted by atomic mass is 32.1. The van der Waals surface area contributed by atoms with Crippen LogP contribution < -0.4 is 37.0 Å². The molecule has 1 aliphatic heterocycles. The molecule has 1 aliphatic carbocycles. The summed E-state index contributed by atoms with van der Waals surface area (Å²) in [7, 11) is 0. The van der Waals surface area contributed by atoms with Crippen LogP contribution in [0.1, 0.15) is 102 Å². The lowest BCUT2D eigenvalue weighted by Gasteiger charge is -2.35. The van der Waals surface area contributed by atoms with Crippen molar-refractivity contribution in [1.29, 1.82) is 0 Å². The Bertz CT molecular complexity index is 2640. The Balaban J connectivity index is 0.772. The second-order valence-corrected chi connectivity index (χ2v) is 18.6. The fraction of sp³-hybridized carbons (Fsp3) is 0.490. The number of ketones is 1. The number of nitrogens with zero attached hydrogens (tertiary/aromatic N) is 7. The molecule has 0 radical (unpaired) electrons. The highest BCUT2D eigenvalue weighted by Crippen LogP contribution is 2.32. The Morgan fingerprint density at radius 2 is 1.62 bits per heavy atom. The molecule has 2 aliphatic rings. The number of aromatic nitrogens is 5. The molecule has 7 rings (SSSR count). The van der Waals surface area contributed by atoms with Gasteiger partial charge >= 0.3 is 0 Å². The molecule has 4 aromatic heterocycles. The summed E-state index contributed by atoms with van der Waals surface area (Å²) in [6, 6.07) is 9.15. The van der Waals surface area contributed by atoms with E-state index >= 15 is 0 Å². The van der Waals surface area contributed by atoms with Crippen LogP contribution in [-0.2, 0) is 19.1 Å². The maximum Gasteiger partial charge on any atom is 0.263 e. The molecule has 5 heterocycles. The number of unbranched alkanes of at least 4 members (excludes halogenated alkanes) is 1. The fourth-order valence-electron chi connectivity index (χ4n) is 8.51. The maximum atomic E-state index is 13.6. The Labute approximate surface area is 406 Å². The standard InChI is InChI=1S/C49H64N12O7S/c1-6-7-17-50-35-12-14-40(38(27-35)46(65)58-49-54-32(3)34(5)69-49)55-42(63)16-23-67-25-26-68-24-18-51-43(64)30-59-19-21-60(22-20-59)37-13-15-41(52-28-37)56-48-53-29-39-31(2)44(33(4)62)47(66)61(45(39)57-48)36-10-8-9-11-36/h12-15,27-29,36,50H,6-11,16-26,30H2,1-5H3,(H,51,64)(H,55,63)(H,54,58,65)(H,52,53,56,57). The van der Waals surface area contributed by atoms with Crippen molar-refractivity contribution < 1.29 is 28.7 Å². The van der Waals surface area contributed by atoms with Gasteiger partial charge in [-0.05, 0) is 82.9 Å². The van der Waals surface area contributed by atoms with Crippen molar-refractivity contribution in [2.75, 3.05) is 98.4 Å². The number of ether oxygens (including phenoxy) is 2. The summed E-state index contributed by atoms with van der Waals surface area (Å²) in [6.45, 7) is 14.6. The molecule has 0 unspecified atom stereocenters. The van der Waals surface area contributed by atoms with E-state index in [2.05, 4.69) is 58.3 Å². The zero-order valence-electron chi connectivity index (χ0n) is 40.2. The minimum atomic E-state index is -0.360. The van der Waals surface area contributed by atoms with E-state index in [1.165, 1.54) is 18.3 Å². The quantitative estimate of drug-likeness (QED) is 0.0353. The molecule has 368 valence electrons. The van der Waals surface area contributed by atoms with E-state index < -0.39 is 0 Å². The SMILES string of the molecule is CCCCNc1ccc(NC(=O)CCOCCOCCNC(=O)CN2CCN(c3ccc(Nc4ncc5c(C)c(C(C)=O)c(=O)n(C6CCCC6)c5n4)nc3)CC2)c(C(=O)Nc2nc(C)c(C)s2)c1. The highest BCUT2D eigenvalue weighted by Gasteiger charge is 2.26. The summed E-state index contributed by atoms with van der Waals surface area (Å²) in [5.41, 5.74) is 4.37. The number of amides is 3. The van der Waals surface area contributed by atoms with Gasteiger partial charge in [-0.3, -0.25) is 38.8 Å². The maximum absolute atomic E-state index is 13.6. The number of carbonyl (C=O) groups excluding carboxylic acids is 4. The molecule has 0 atom stereocenters. The molecule has 0 spiro atoms. The largest absolute Gasteiger partial charge is 0.385 e. The van der Waals surface area contributed by atoms with E-state index in [1.54, 1.807) is 36.0 Å². The third-order valence-corrected chi connectivity index (χ3v) is 13.4. The molecule has 69 heavy (non-hydrogen) atoms. The summed E-state index contributed by atoms with van der Waals surface area (Å²) >= 11 is 1.40. The number of nitrogens with one attached hydrogen (secondary N) is 5. The van der Waals surface area contributed by atoms with Crippen molar-refractivity contribution in [3.8, 4) is 0 Å². The molecular formula is C49H64N12O7S. The lowest BCUT2D eigenvalue weighted by molar-refractivity contribution is -0.122. The molecule has 3 amide bonds. The molecule has 19 nitrogen and oxygen atoms in total. The highest BCUT2D eigenvalue weighted by molar-refractivity contribution is 7.15. The minimum absolute atomic E-state index is 0.00816. The van der Waals surface area contributed by atoms with Gasteiger partial charge in [-0.15, -0.1) is 11.3 Å². The lowest BCUT2D eigenvalue weighted by atomic mass is 10.0. The number of thiazole rings is 1. The summed E-state index contributed by atoms with van der Waals surface area (Å²) < 4.78 is 13.0. The predicted octanol–water partition coefficient (Wildman–Crippen LogP) is 6.39. The Morgan fingerprint density at radius 1 is 0.855 bits per heavy atom. The number of carbonyl (C=O) groups is 4. The number of hydrogen-bond donors (Lipinski definition) is 5.